The third-order valence-electron chi connectivity index (χ3n) is 12.2. The second-order valence-electron chi connectivity index (χ2n) is 20.0. The van der Waals surface area contributed by atoms with Crippen LogP contribution in [0.4, 0.5) is 105 Å². The van der Waals surface area contributed by atoms with E-state index in [1.54, 1.807) is 13.8 Å². The van der Waals surface area contributed by atoms with Gasteiger partial charge in [-0.3, -0.25) is 9.59 Å². The van der Waals surface area contributed by atoms with Gasteiger partial charge in [0.1, 0.15) is 12.2 Å². The van der Waals surface area contributed by atoms with Crippen molar-refractivity contribution in [2.24, 2.45) is 10.8 Å². The quantitative estimate of drug-likeness (QED) is 0.0432. The molecular weight excluding hydrogens is 1260 g/mol. The zero-order valence-electron chi connectivity index (χ0n) is 45.6. The van der Waals surface area contributed by atoms with Crippen LogP contribution in [0.3, 0.4) is 0 Å². The standard InChI is InChI=1S/C15H18F12O4.C13H12F12O4.C10H16O4.C8H10O4/c1-4-9(2,3)8(28)31-7(5-10(29,12(16,17)18)13(19,20)21)6-11(30,14(22,23)24)15(25,26)27;1-5(2)7(26)29-6(3-8(27,10(14,15)16)11(17,18)19)4-9(28,12(20,21)22)13(23,24)25;1-4-10(2,3)9(12)14-7-5-6-13-8(7)11;1-5(2)7(9)12-6-3-4-11-8(6)10/h7,29-30H,4-6H2,1-3H3;6,27-28H,1,3-4H2,2H3;7H,4-6H2,1-3H3;6H,1,3-4H2,2H3. The van der Waals surface area contributed by atoms with Gasteiger partial charge in [-0.05, 0) is 54.4 Å². The number of carbonyl (C=O) groups is 6. The highest BCUT2D eigenvalue weighted by molar-refractivity contribution is 5.90. The summed E-state index contributed by atoms with van der Waals surface area (Å²) in [6.07, 6.45) is -72.2. The third-order valence-corrected chi connectivity index (χ3v) is 12.2. The molecule has 4 N–H and O–H groups in total. The number of rotatable bonds is 18. The van der Waals surface area contributed by atoms with E-state index in [-0.39, 0.29) is 18.0 Å². The molecule has 2 atom stereocenters. The maximum Gasteiger partial charge on any atom is 0.426 e. The van der Waals surface area contributed by atoms with Crippen molar-refractivity contribution >= 4 is 35.8 Å². The summed E-state index contributed by atoms with van der Waals surface area (Å²) in [5.41, 5.74) is -26.2. The van der Waals surface area contributed by atoms with Crippen LogP contribution in [-0.4, -0.2) is 166 Å². The summed E-state index contributed by atoms with van der Waals surface area (Å²) in [5.74, 6) is -5.48. The van der Waals surface area contributed by atoms with Gasteiger partial charge in [-0.1, -0.05) is 27.0 Å². The van der Waals surface area contributed by atoms with Crippen LogP contribution in [0.25, 0.3) is 0 Å². The number of esters is 6. The minimum absolute atomic E-state index is 0.232. The van der Waals surface area contributed by atoms with E-state index in [0.717, 1.165) is 20.8 Å². The Morgan fingerprint density at radius 3 is 0.884 bits per heavy atom. The fraction of sp³-hybridized carbons (Fsp3) is 0.783. The number of ether oxygens (including phenoxy) is 6. The van der Waals surface area contributed by atoms with E-state index in [1.807, 2.05) is 6.92 Å². The van der Waals surface area contributed by atoms with Gasteiger partial charge in [-0.15, -0.1) is 0 Å². The smallest absolute Gasteiger partial charge is 0.426 e. The lowest BCUT2D eigenvalue weighted by Gasteiger charge is -2.39. The predicted molar refractivity (Wildman–Crippen MR) is 235 cm³/mol. The minimum atomic E-state index is -6.65. The summed E-state index contributed by atoms with van der Waals surface area (Å²) >= 11 is 0. The van der Waals surface area contributed by atoms with Gasteiger partial charge in [-0.2, -0.15) is 105 Å². The maximum atomic E-state index is 12.9. The van der Waals surface area contributed by atoms with Crippen molar-refractivity contribution in [3.8, 4) is 0 Å². The number of aliphatic hydroxyl groups is 4. The van der Waals surface area contributed by atoms with Crippen LogP contribution in [0.5, 0.6) is 0 Å². The molecule has 0 bridgehead atoms. The molecule has 0 aliphatic carbocycles. The van der Waals surface area contributed by atoms with Crippen molar-refractivity contribution in [3.05, 3.63) is 24.3 Å². The summed E-state index contributed by atoms with van der Waals surface area (Å²) < 4.78 is 334. The van der Waals surface area contributed by atoms with Crippen molar-refractivity contribution in [1.29, 1.82) is 0 Å². The minimum Gasteiger partial charge on any atom is -0.463 e. The third kappa shape index (κ3) is 21.4. The second kappa shape index (κ2) is 28.7. The normalized spacial score (nSPS) is 17.2. The zero-order valence-corrected chi connectivity index (χ0v) is 45.6. The molecule has 0 spiro atoms. The summed E-state index contributed by atoms with van der Waals surface area (Å²) in [6, 6.07) is 0. The Labute approximate surface area is 470 Å². The summed E-state index contributed by atoms with van der Waals surface area (Å²) in [4.78, 5) is 67.6. The molecule has 86 heavy (non-hydrogen) atoms. The van der Waals surface area contributed by atoms with E-state index in [4.69, 9.17) is 34.6 Å². The monoisotopic (exact) mass is 1320 g/mol. The first-order valence-corrected chi connectivity index (χ1v) is 23.7. The molecule has 504 valence electrons. The van der Waals surface area contributed by atoms with Crippen molar-refractivity contribution in [3.63, 3.8) is 0 Å². The lowest BCUT2D eigenvalue weighted by molar-refractivity contribution is -0.386. The Morgan fingerprint density at radius 1 is 0.442 bits per heavy atom. The van der Waals surface area contributed by atoms with Gasteiger partial charge >= 0.3 is 85.2 Å². The summed E-state index contributed by atoms with van der Waals surface area (Å²) in [5, 5.41) is 36.3. The molecule has 2 aliphatic rings. The van der Waals surface area contributed by atoms with Crippen LogP contribution in [-0.2, 0) is 57.2 Å². The van der Waals surface area contributed by atoms with Crippen molar-refractivity contribution in [2.75, 3.05) is 13.2 Å². The van der Waals surface area contributed by atoms with Crippen molar-refractivity contribution in [1.82, 2.24) is 0 Å². The average molecular weight is 1320 g/mol. The molecule has 0 radical (unpaired) electrons. The summed E-state index contributed by atoms with van der Waals surface area (Å²) in [7, 11) is 0. The molecule has 2 aliphatic heterocycles. The number of hydrogen-bond acceptors (Lipinski definition) is 16. The highest BCUT2D eigenvalue weighted by atomic mass is 19.4. The molecule has 2 saturated heterocycles. The van der Waals surface area contributed by atoms with E-state index in [0.29, 0.717) is 32.5 Å². The lowest BCUT2D eigenvalue weighted by atomic mass is 9.86. The van der Waals surface area contributed by atoms with Crippen LogP contribution in [0.1, 0.15) is 107 Å². The fourth-order valence-electron chi connectivity index (χ4n) is 5.74. The van der Waals surface area contributed by atoms with E-state index < -0.39 is 168 Å². The fourth-order valence-corrected chi connectivity index (χ4v) is 5.74. The molecule has 2 unspecified atom stereocenters. The largest absolute Gasteiger partial charge is 0.463 e. The molecule has 2 heterocycles. The molecule has 16 nitrogen and oxygen atoms in total. The Kier molecular flexibility index (Phi) is 27.6. The Morgan fingerprint density at radius 2 is 0.674 bits per heavy atom. The molecule has 40 heteroatoms. The van der Waals surface area contributed by atoms with Crippen LogP contribution in [0.15, 0.2) is 24.3 Å². The molecule has 0 aromatic heterocycles. The van der Waals surface area contributed by atoms with Gasteiger partial charge in [0, 0.05) is 49.7 Å². The molecule has 0 aromatic carbocycles. The molecule has 2 fully saturated rings. The highest BCUT2D eigenvalue weighted by Gasteiger charge is 2.76. The van der Waals surface area contributed by atoms with Crippen molar-refractivity contribution < 1.29 is 183 Å². The van der Waals surface area contributed by atoms with E-state index in [1.165, 1.54) is 13.8 Å². The number of cyclic esters (lactones) is 2. The Bertz CT molecular complexity index is 2210. The first-order chi connectivity index (χ1) is 37.8. The SMILES string of the molecule is C=C(C)C(=O)OC(CC(O)(C(F)(F)F)C(F)(F)F)CC(O)(C(F)(F)F)C(F)(F)F.C=C(C)C(=O)OC1CCOC1=O.CCC(C)(C)C(=O)OC(CC(O)(C(F)(F)F)C(F)(F)F)CC(O)(C(F)(F)F)C(F)(F)F.CCC(C)(C)C(=O)OC1CCOC1=O. The predicted octanol–water partition coefficient (Wildman–Crippen LogP) is 10.5. The second-order valence-corrected chi connectivity index (χ2v) is 20.0. The van der Waals surface area contributed by atoms with Gasteiger partial charge in [-0.25, -0.2) is 19.2 Å². The Balaban J connectivity index is 0. The molecule has 2 rings (SSSR count). The van der Waals surface area contributed by atoms with Crippen LogP contribution in [0, 0.1) is 10.8 Å². The molecular formula is C46H56F24O16. The van der Waals surface area contributed by atoms with Gasteiger partial charge in [0.15, 0.2) is 0 Å². The van der Waals surface area contributed by atoms with E-state index in [9.17, 15) is 134 Å². The molecule has 0 aromatic rings. The number of alkyl halides is 24. The van der Waals surface area contributed by atoms with E-state index in [2.05, 4.69) is 27.4 Å². The first kappa shape index (κ1) is 82.5. The summed E-state index contributed by atoms with van der Waals surface area (Å²) in [6.45, 7) is 17.9. The van der Waals surface area contributed by atoms with Gasteiger partial charge in [0.25, 0.3) is 22.4 Å². The van der Waals surface area contributed by atoms with Crippen LogP contribution >= 0.6 is 0 Å². The number of halogens is 24. The van der Waals surface area contributed by atoms with E-state index >= 15 is 0 Å². The highest BCUT2D eigenvalue weighted by Crippen LogP contribution is 2.53. The van der Waals surface area contributed by atoms with Crippen LogP contribution in [0.2, 0.25) is 0 Å². The number of hydrogen-bond donors (Lipinski definition) is 4. The van der Waals surface area contributed by atoms with Gasteiger partial charge in [0.05, 0.1) is 24.0 Å². The first-order valence-electron chi connectivity index (χ1n) is 23.7. The van der Waals surface area contributed by atoms with Gasteiger partial charge in [0.2, 0.25) is 12.2 Å². The number of carbonyl (C=O) groups excluding carboxylic acids is 6. The Hall–Kier alpha value is -5.54. The maximum absolute atomic E-state index is 12.9. The molecule has 0 amide bonds. The lowest BCUT2D eigenvalue weighted by Crippen LogP contribution is -2.62. The topological polar surface area (TPSA) is 239 Å². The average Bonchev–Trinajstić information content (AvgIpc) is 1.60. The van der Waals surface area contributed by atoms with Crippen molar-refractivity contribution in [2.45, 2.75) is 203 Å². The van der Waals surface area contributed by atoms with Crippen LogP contribution < -0.4 is 0 Å². The molecule has 0 saturated carbocycles. The van der Waals surface area contributed by atoms with Gasteiger partial charge < -0.3 is 48.8 Å². The zero-order chi connectivity index (χ0) is 69.2.